The van der Waals surface area contributed by atoms with E-state index in [0.717, 1.165) is 6.54 Å². The van der Waals surface area contributed by atoms with E-state index in [1.165, 1.54) is 17.5 Å². The summed E-state index contributed by atoms with van der Waals surface area (Å²) in [6.07, 6.45) is 1.17. The van der Waals surface area contributed by atoms with Gasteiger partial charge >= 0.3 is 0 Å². The van der Waals surface area contributed by atoms with Crippen molar-refractivity contribution in [2.24, 2.45) is 0 Å². The molecule has 0 heterocycles. The fraction of sp³-hybridized carbons (Fsp3) is 0.538. The van der Waals surface area contributed by atoms with Gasteiger partial charge in [0.2, 0.25) is 0 Å². The van der Waals surface area contributed by atoms with E-state index in [0.29, 0.717) is 12.6 Å². The molecule has 0 spiro atoms. The highest BCUT2D eigenvalue weighted by Gasteiger charge is 1.98. The highest BCUT2D eigenvalue weighted by atomic mass is 16.5. The third-order valence-electron chi connectivity index (χ3n) is 2.60. The molecule has 15 heavy (non-hydrogen) atoms. The standard InChI is InChI=1S/C13H21NO/c1-4-11(2)14-9-12-5-7-13(8-6-12)10-15-3/h5-8,11,14H,4,9-10H2,1-3H3. The first-order chi connectivity index (χ1) is 7.26. The molecule has 2 heteroatoms. The predicted molar refractivity (Wildman–Crippen MR) is 63.7 cm³/mol. The van der Waals surface area contributed by atoms with Crippen molar-refractivity contribution in [1.29, 1.82) is 0 Å². The molecule has 1 N–H and O–H groups in total. The Labute approximate surface area is 92.6 Å². The average molecular weight is 207 g/mol. The van der Waals surface area contributed by atoms with E-state index in [1.807, 2.05) is 0 Å². The Bertz CT molecular complexity index is 268. The maximum absolute atomic E-state index is 5.07. The van der Waals surface area contributed by atoms with Crippen molar-refractivity contribution in [3.05, 3.63) is 35.4 Å². The topological polar surface area (TPSA) is 21.3 Å². The van der Waals surface area contributed by atoms with E-state index < -0.39 is 0 Å². The number of benzene rings is 1. The molecule has 0 aliphatic heterocycles. The van der Waals surface area contributed by atoms with E-state index in [9.17, 15) is 0 Å². The lowest BCUT2D eigenvalue weighted by Crippen LogP contribution is -2.24. The van der Waals surface area contributed by atoms with Gasteiger partial charge in [-0.2, -0.15) is 0 Å². The van der Waals surface area contributed by atoms with Crippen LogP contribution in [0.3, 0.4) is 0 Å². The Morgan fingerprint density at radius 2 is 1.80 bits per heavy atom. The minimum Gasteiger partial charge on any atom is -0.380 e. The molecule has 0 saturated heterocycles. The lowest BCUT2D eigenvalue weighted by molar-refractivity contribution is 0.185. The zero-order valence-corrected chi connectivity index (χ0v) is 9.92. The van der Waals surface area contributed by atoms with Gasteiger partial charge in [-0.15, -0.1) is 0 Å². The fourth-order valence-electron chi connectivity index (χ4n) is 1.36. The highest BCUT2D eigenvalue weighted by molar-refractivity contribution is 5.21. The van der Waals surface area contributed by atoms with Crippen molar-refractivity contribution in [1.82, 2.24) is 5.32 Å². The van der Waals surface area contributed by atoms with Gasteiger partial charge in [-0.05, 0) is 24.5 Å². The molecule has 0 fully saturated rings. The Morgan fingerprint density at radius 1 is 1.20 bits per heavy atom. The van der Waals surface area contributed by atoms with Crippen LogP contribution in [0, 0.1) is 0 Å². The van der Waals surface area contributed by atoms with Crippen LogP contribution in [0.15, 0.2) is 24.3 Å². The largest absolute Gasteiger partial charge is 0.380 e. The van der Waals surface area contributed by atoms with Crippen LogP contribution in [0.2, 0.25) is 0 Å². The summed E-state index contributed by atoms with van der Waals surface area (Å²) in [5.41, 5.74) is 2.56. The molecule has 1 unspecified atom stereocenters. The molecule has 0 radical (unpaired) electrons. The third kappa shape index (κ3) is 4.45. The summed E-state index contributed by atoms with van der Waals surface area (Å²) in [5.74, 6) is 0. The van der Waals surface area contributed by atoms with Gasteiger partial charge in [0.25, 0.3) is 0 Å². The van der Waals surface area contributed by atoms with Crippen molar-refractivity contribution >= 4 is 0 Å². The number of ether oxygens (including phenoxy) is 1. The highest BCUT2D eigenvalue weighted by Crippen LogP contribution is 2.05. The predicted octanol–water partition coefficient (Wildman–Crippen LogP) is 2.72. The van der Waals surface area contributed by atoms with E-state index in [4.69, 9.17) is 4.74 Å². The summed E-state index contributed by atoms with van der Waals surface area (Å²) >= 11 is 0. The number of hydrogen-bond acceptors (Lipinski definition) is 2. The quantitative estimate of drug-likeness (QED) is 0.774. The van der Waals surface area contributed by atoms with Crippen LogP contribution in [0.5, 0.6) is 0 Å². The number of nitrogens with one attached hydrogen (secondary N) is 1. The van der Waals surface area contributed by atoms with Gasteiger partial charge in [-0.1, -0.05) is 31.2 Å². The summed E-state index contributed by atoms with van der Waals surface area (Å²) in [7, 11) is 1.72. The van der Waals surface area contributed by atoms with E-state index in [-0.39, 0.29) is 0 Å². The van der Waals surface area contributed by atoms with Crippen LogP contribution >= 0.6 is 0 Å². The van der Waals surface area contributed by atoms with Gasteiger partial charge in [-0.3, -0.25) is 0 Å². The zero-order chi connectivity index (χ0) is 11.1. The number of rotatable bonds is 6. The Balaban J connectivity index is 2.42. The first-order valence-electron chi connectivity index (χ1n) is 5.56. The first kappa shape index (κ1) is 12.2. The molecule has 84 valence electrons. The summed E-state index contributed by atoms with van der Waals surface area (Å²) in [6.45, 7) is 6.04. The Morgan fingerprint density at radius 3 is 2.33 bits per heavy atom. The van der Waals surface area contributed by atoms with Crippen molar-refractivity contribution in [3.63, 3.8) is 0 Å². The molecule has 1 aromatic carbocycles. The van der Waals surface area contributed by atoms with Gasteiger partial charge in [0.15, 0.2) is 0 Å². The molecule has 0 aliphatic rings. The molecular weight excluding hydrogens is 186 g/mol. The van der Waals surface area contributed by atoms with Crippen molar-refractivity contribution in [2.45, 2.75) is 39.5 Å². The molecule has 0 bridgehead atoms. The Kier molecular flexibility index (Phi) is 5.37. The third-order valence-corrected chi connectivity index (χ3v) is 2.60. The maximum Gasteiger partial charge on any atom is 0.0713 e. The van der Waals surface area contributed by atoms with Crippen molar-refractivity contribution in [3.8, 4) is 0 Å². The molecule has 0 aromatic heterocycles. The smallest absolute Gasteiger partial charge is 0.0713 e. The second-order valence-corrected chi connectivity index (χ2v) is 3.94. The van der Waals surface area contributed by atoms with E-state index in [1.54, 1.807) is 7.11 Å². The average Bonchev–Trinajstić information content (AvgIpc) is 2.28. The molecular formula is C13H21NO. The molecule has 0 saturated carbocycles. The van der Waals surface area contributed by atoms with Crippen LogP contribution in [0.25, 0.3) is 0 Å². The molecule has 0 aliphatic carbocycles. The minimum atomic E-state index is 0.587. The monoisotopic (exact) mass is 207 g/mol. The van der Waals surface area contributed by atoms with Gasteiger partial charge in [0.1, 0.15) is 0 Å². The van der Waals surface area contributed by atoms with Crippen molar-refractivity contribution < 1.29 is 4.74 Å². The van der Waals surface area contributed by atoms with Gasteiger partial charge < -0.3 is 10.1 Å². The lowest BCUT2D eigenvalue weighted by Gasteiger charge is -2.11. The number of hydrogen-bond donors (Lipinski definition) is 1. The second-order valence-electron chi connectivity index (χ2n) is 3.94. The van der Waals surface area contributed by atoms with Crippen LogP contribution < -0.4 is 5.32 Å². The summed E-state index contributed by atoms with van der Waals surface area (Å²) in [4.78, 5) is 0. The van der Waals surface area contributed by atoms with E-state index in [2.05, 4.69) is 43.4 Å². The van der Waals surface area contributed by atoms with Crippen LogP contribution in [0.4, 0.5) is 0 Å². The van der Waals surface area contributed by atoms with Crippen LogP contribution in [0.1, 0.15) is 31.4 Å². The first-order valence-corrected chi connectivity index (χ1v) is 5.56. The molecule has 0 amide bonds. The Hall–Kier alpha value is -0.860. The van der Waals surface area contributed by atoms with Crippen LogP contribution in [-0.2, 0) is 17.9 Å². The maximum atomic E-state index is 5.07. The summed E-state index contributed by atoms with van der Waals surface area (Å²) in [5, 5.41) is 3.47. The normalized spacial score (nSPS) is 12.7. The van der Waals surface area contributed by atoms with Crippen LogP contribution in [-0.4, -0.2) is 13.2 Å². The molecule has 1 aromatic rings. The molecule has 2 nitrogen and oxygen atoms in total. The second kappa shape index (κ2) is 6.59. The van der Waals surface area contributed by atoms with Gasteiger partial charge in [0.05, 0.1) is 6.61 Å². The number of methoxy groups -OCH3 is 1. The van der Waals surface area contributed by atoms with Gasteiger partial charge in [0, 0.05) is 19.7 Å². The fourth-order valence-corrected chi connectivity index (χ4v) is 1.36. The SMILES string of the molecule is CCC(C)NCc1ccc(COC)cc1. The zero-order valence-electron chi connectivity index (χ0n) is 9.92. The summed E-state index contributed by atoms with van der Waals surface area (Å²) < 4.78 is 5.07. The van der Waals surface area contributed by atoms with Crippen molar-refractivity contribution in [2.75, 3.05) is 7.11 Å². The molecule has 1 atom stereocenters. The molecule has 1 rings (SSSR count). The minimum absolute atomic E-state index is 0.587. The van der Waals surface area contributed by atoms with E-state index >= 15 is 0 Å². The van der Waals surface area contributed by atoms with Gasteiger partial charge in [-0.25, -0.2) is 0 Å². The summed E-state index contributed by atoms with van der Waals surface area (Å²) in [6, 6.07) is 9.14. The lowest BCUT2D eigenvalue weighted by atomic mass is 10.1.